The molecule has 0 saturated carbocycles. The van der Waals surface area contributed by atoms with Crippen LogP contribution in [0.5, 0.6) is 5.75 Å². The number of benzene rings is 1. The highest BCUT2D eigenvalue weighted by Gasteiger charge is 2.16. The highest BCUT2D eigenvalue weighted by atomic mass is 32.1. The van der Waals surface area contributed by atoms with Crippen molar-refractivity contribution in [2.75, 3.05) is 0 Å². The smallest absolute Gasteiger partial charge is 0.271 e. The quantitative estimate of drug-likeness (QED) is 0.847. The van der Waals surface area contributed by atoms with E-state index < -0.39 is 17.9 Å². The zero-order valence-electron chi connectivity index (χ0n) is 13.2. The molecule has 1 aromatic heterocycles. The Kier molecular flexibility index (Phi) is 5.33. The molecule has 1 atom stereocenters. The third kappa shape index (κ3) is 4.53. The van der Waals surface area contributed by atoms with Gasteiger partial charge in [0, 0.05) is 10.9 Å². The number of nitrogens with zero attached hydrogens (tertiary/aromatic N) is 1. The summed E-state index contributed by atoms with van der Waals surface area (Å²) in [5.74, 6) is -0.221. The van der Waals surface area contributed by atoms with Crippen LogP contribution in [-0.2, 0) is 4.79 Å². The molecule has 1 heterocycles. The fourth-order valence-corrected chi connectivity index (χ4v) is 2.61. The number of hydrogen-bond acceptors (Lipinski definition) is 5. The number of nitrogens with one attached hydrogen (secondary N) is 1. The Hall–Kier alpha value is -2.41. The lowest BCUT2D eigenvalue weighted by atomic mass is 10.2. The maximum Gasteiger partial charge on any atom is 0.271 e. The molecule has 3 N–H and O–H groups in total. The molecule has 0 bridgehead atoms. The number of ether oxygens (including phenoxy) is 1. The van der Waals surface area contributed by atoms with Crippen molar-refractivity contribution in [1.82, 2.24) is 10.3 Å². The standard InChI is InChI=1S/C16H19N3O3S/c1-9(2)22-12-6-4-11(5-7-12)16-19-13(8-23-16)15(21)18-10(3)14(17)20/h4-10H,1-3H3,(H2,17,20)(H,18,21). The van der Waals surface area contributed by atoms with Gasteiger partial charge in [-0.1, -0.05) is 0 Å². The molecule has 6 nitrogen and oxygen atoms in total. The first kappa shape index (κ1) is 17.0. The van der Waals surface area contributed by atoms with E-state index in [4.69, 9.17) is 10.5 Å². The number of amides is 2. The second kappa shape index (κ2) is 7.23. The Morgan fingerprint density at radius 3 is 2.43 bits per heavy atom. The zero-order chi connectivity index (χ0) is 17.0. The van der Waals surface area contributed by atoms with Crippen LogP contribution < -0.4 is 15.8 Å². The van der Waals surface area contributed by atoms with Gasteiger partial charge in [-0.15, -0.1) is 11.3 Å². The van der Waals surface area contributed by atoms with E-state index in [-0.39, 0.29) is 11.8 Å². The van der Waals surface area contributed by atoms with Gasteiger partial charge in [-0.25, -0.2) is 4.98 Å². The summed E-state index contributed by atoms with van der Waals surface area (Å²) in [6.45, 7) is 5.46. The predicted molar refractivity (Wildman–Crippen MR) is 89.4 cm³/mol. The van der Waals surface area contributed by atoms with E-state index in [9.17, 15) is 9.59 Å². The molecule has 2 amide bonds. The number of aromatic nitrogens is 1. The van der Waals surface area contributed by atoms with Crippen molar-refractivity contribution in [3.8, 4) is 16.3 Å². The van der Waals surface area contributed by atoms with Gasteiger partial charge < -0.3 is 15.8 Å². The second-order valence-electron chi connectivity index (χ2n) is 5.33. The van der Waals surface area contributed by atoms with Crippen LogP contribution in [-0.4, -0.2) is 28.9 Å². The number of primary amides is 1. The lowest BCUT2D eigenvalue weighted by Gasteiger charge is -2.09. The van der Waals surface area contributed by atoms with Crippen molar-refractivity contribution in [2.24, 2.45) is 5.73 Å². The van der Waals surface area contributed by atoms with Gasteiger partial charge in [-0.05, 0) is 45.0 Å². The summed E-state index contributed by atoms with van der Waals surface area (Å²) in [5.41, 5.74) is 6.28. The molecule has 1 unspecified atom stereocenters. The number of carbonyl (C=O) groups is 2. The SMILES string of the molecule is CC(C)Oc1ccc(-c2nc(C(=O)NC(C)C(N)=O)cs2)cc1. The first-order chi connectivity index (χ1) is 10.9. The van der Waals surface area contributed by atoms with E-state index >= 15 is 0 Å². The van der Waals surface area contributed by atoms with Gasteiger partial charge in [-0.2, -0.15) is 0 Å². The first-order valence-corrected chi connectivity index (χ1v) is 8.07. The van der Waals surface area contributed by atoms with Crippen LogP contribution in [0.25, 0.3) is 10.6 Å². The minimum atomic E-state index is -0.736. The van der Waals surface area contributed by atoms with Gasteiger partial charge in [0.1, 0.15) is 22.5 Å². The van der Waals surface area contributed by atoms with E-state index in [1.165, 1.54) is 18.3 Å². The Morgan fingerprint density at radius 2 is 1.87 bits per heavy atom. The number of rotatable bonds is 6. The van der Waals surface area contributed by atoms with Gasteiger partial charge in [0.05, 0.1) is 6.10 Å². The predicted octanol–water partition coefficient (Wildman–Crippen LogP) is 2.20. The van der Waals surface area contributed by atoms with Crippen LogP contribution >= 0.6 is 11.3 Å². The van der Waals surface area contributed by atoms with Crippen molar-refractivity contribution in [2.45, 2.75) is 32.9 Å². The van der Waals surface area contributed by atoms with Crippen molar-refractivity contribution in [1.29, 1.82) is 0 Å². The lowest BCUT2D eigenvalue weighted by Crippen LogP contribution is -2.42. The Morgan fingerprint density at radius 1 is 1.22 bits per heavy atom. The molecule has 0 radical (unpaired) electrons. The molecule has 2 rings (SSSR count). The van der Waals surface area contributed by atoms with E-state index in [2.05, 4.69) is 10.3 Å². The Balaban J connectivity index is 2.09. The number of carbonyl (C=O) groups excluding carboxylic acids is 2. The maximum atomic E-state index is 12.0. The number of hydrogen-bond donors (Lipinski definition) is 2. The molecule has 122 valence electrons. The van der Waals surface area contributed by atoms with Crippen molar-refractivity contribution in [3.63, 3.8) is 0 Å². The van der Waals surface area contributed by atoms with Crippen LogP contribution in [0, 0.1) is 0 Å². The number of nitrogens with two attached hydrogens (primary N) is 1. The lowest BCUT2D eigenvalue weighted by molar-refractivity contribution is -0.119. The number of thiazole rings is 1. The molecular formula is C16H19N3O3S. The minimum absolute atomic E-state index is 0.114. The van der Waals surface area contributed by atoms with Crippen LogP contribution in [0.1, 0.15) is 31.3 Å². The average Bonchev–Trinajstić information content (AvgIpc) is 2.97. The highest BCUT2D eigenvalue weighted by Crippen LogP contribution is 2.26. The van der Waals surface area contributed by atoms with Gasteiger partial charge in [-0.3, -0.25) is 9.59 Å². The molecule has 0 saturated heterocycles. The van der Waals surface area contributed by atoms with Gasteiger partial charge in [0.15, 0.2) is 0 Å². The monoisotopic (exact) mass is 333 g/mol. The topological polar surface area (TPSA) is 94.3 Å². The molecule has 1 aromatic carbocycles. The molecular weight excluding hydrogens is 314 g/mol. The summed E-state index contributed by atoms with van der Waals surface area (Å²) in [7, 11) is 0. The zero-order valence-corrected chi connectivity index (χ0v) is 14.0. The average molecular weight is 333 g/mol. The summed E-state index contributed by atoms with van der Waals surface area (Å²) < 4.78 is 5.59. The molecule has 0 spiro atoms. The van der Waals surface area contributed by atoms with E-state index in [1.54, 1.807) is 5.38 Å². The molecule has 2 aromatic rings. The van der Waals surface area contributed by atoms with Gasteiger partial charge in [0.25, 0.3) is 5.91 Å². The van der Waals surface area contributed by atoms with Gasteiger partial charge in [0.2, 0.25) is 5.91 Å². The summed E-state index contributed by atoms with van der Waals surface area (Å²) >= 11 is 1.36. The van der Waals surface area contributed by atoms with Crippen molar-refractivity contribution < 1.29 is 14.3 Å². The van der Waals surface area contributed by atoms with Crippen molar-refractivity contribution in [3.05, 3.63) is 35.3 Å². The van der Waals surface area contributed by atoms with Crippen molar-refractivity contribution >= 4 is 23.2 Å². The molecule has 0 aliphatic rings. The van der Waals surface area contributed by atoms with Gasteiger partial charge >= 0.3 is 0 Å². The molecule has 0 aliphatic heterocycles. The first-order valence-electron chi connectivity index (χ1n) is 7.19. The maximum absolute atomic E-state index is 12.0. The largest absolute Gasteiger partial charge is 0.491 e. The van der Waals surface area contributed by atoms with Crippen LogP contribution in [0.15, 0.2) is 29.6 Å². The minimum Gasteiger partial charge on any atom is -0.491 e. The molecule has 0 fully saturated rings. The summed E-state index contributed by atoms with van der Waals surface area (Å²) in [4.78, 5) is 27.3. The Bertz CT molecular complexity index is 695. The fraction of sp³-hybridized carbons (Fsp3) is 0.312. The third-order valence-corrected chi connectivity index (χ3v) is 3.88. The third-order valence-electron chi connectivity index (χ3n) is 2.98. The van der Waals surface area contributed by atoms with E-state index in [1.807, 2.05) is 38.1 Å². The van der Waals surface area contributed by atoms with Crippen LogP contribution in [0.4, 0.5) is 0 Å². The summed E-state index contributed by atoms with van der Waals surface area (Å²) in [5, 5.41) is 4.87. The second-order valence-corrected chi connectivity index (χ2v) is 6.18. The van der Waals surface area contributed by atoms with Crippen LogP contribution in [0.3, 0.4) is 0 Å². The summed E-state index contributed by atoms with van der Waals surface area (Å²) in [6.07, 6.45) is 0.114. The summed E-state index contributed by atoms with van der Waals surface area (Å²) in [6, 6.07) is 6.78. The van der Waals surface area contributed by atoms with E-state index in [0.717, 1.165) is 16.3 Å². The molecule has 0 aliphatic carbocycles. The highest BCUT2D eigenvalue weighted by molar-refractivity contribution is 7.13. The van der Waals surface area contributed by atoms with E-state index in [0.29, 0.717) is 0 Å². The van der Waals surface area contributed by atoms with Crippen LogP contribution in [0.2, 0.25) is 0 Å². The fourth-order valence-electron chi connectivity index (χ4n) is 1.80. The molecule has 23 heavy (non-hydrogen) atoms. The normalized spacial score (nSPS) is 12.0. The Labute approximate surface area is 138 Å². The molecule has 7 heteroatoms.